The van der Waals surface area contributed by atoms with Crippen LogP contribution in [0.5, 0.6) is 0 Å². The summed E-state index contributed by atoms with van der Waals surface area (Å²) in [5, 5.41) is 9.44. The van der Waals surface area contributed by atoms with Crippen LogP contribution in [-0.4, -0.2) is 25.3 Å². The number of rotatable bonds is 6. The van der Waals surface area contributed by atoms with E-state index in [2.05, 4.69) is 0 Å². The van der Waals surface area contributed by atoms with E-state index >= 15 is 0 Å². The molecule has 1 rings (SSSR count). The largest absolute Gasteiger partial charge is 0.501 e. The summed E-state index contributed by atoms with van der Waals surface area (Å²) in [6.45, 7) is 2.04. The number of carboxylic acids is 1. The van der Waals surface area contributed by atoms with Crippen LogP contribution in [-0.2, 0) is 14.3 Å². The predicted molar refractivity (Wildman–Crippen MR) is 64.4 cm³/mol. The van der Waals surface area contributed by atoms with Gasteiger partial charge < -0.3 is 14.6 Å². The summed E-state index contributed by atoms with van der Waals surface area (Å²) in [7, 11) is 3.10. The molecule has 0 aromatic rings. The first-order valence-corrected chi connectivity index (χ1v) is 5.82. The predicted octanol–water partition coefficient (Wildman–Crippen LogP) is 2.71. The van der Waals surface area contributed by atoms with Crippen molar-refractivity contribution in [2.24, 2.45) is 5.41 Å². The smallest absolute Gasteiger partial charge is 0.317 e. The SMILES string of the molecule is CCCCC1(C(=O)O)C=C(OC)CC(OC)=C1. The minimum Gasteiger partial charge on any atom is -0.501 e. The lowest BCUT2D eigenvalue weighted by Crippen LogP contribution is -2.30. The van der Waals surface area contributed by atoms with Gasteiger partial charge in [0, 0.05) is 0 Å². The lowest BCUT2D eigenvalue weighted by Gasteiger charge is -2.28. The Morgan fingerprint density at radius 2 is 1.88 bits per heavy atom. The van der Waals surface area contributed by atoms with E-state index in [4.69, 9.17) is 9.47 Å². The minimum atomic E-state index is -0.981. The van der Waals surface area contributed by atoms with E-state index in [1.54, 1.807) is 26.4 Å². The van der Waals surface area contributed by atoms with Crippen LogP contribution in [0.1, 0.15) is 32.6 Å². The number of hydrogen-bond acceptors (Lipinski definition) is 3. The average Bonchev–Trinajstić information content (AvgIpc) is 2.35. The number of carboxylic acid groups (broad SMARTS) is 1. The summed E-state index contributed by atoms with van der Waals surface area (Å²) < 4.78 is 10.4. The van der Waals surface area contributed by atoms with Gasteiger partial charge in [0.25, 0.3) is 0 Å². The third kappa shape index (κ3) is 3.02. The second kappa shape index (κ2) is 5.75. The Bertz CT molecular complexity index is 321. The minimum absolute atomic E-state index is 0.522. The highest BCUT2D eigenvalue weighted by Crippen LogP contribution is 2.37. The zero-order chi connectivity index (χ0) is 12.9. The van der Waals surface area contributed by atoms with Crippen molar-refractivity contribution in [2.75, 3.05) is 14.2 Å². The number of carbonyl (C=O) groups is 1. The summed E-state index contributed by atoms with van der Waals surface area (Å²) >= 11 is 0. The normalized spacial score (nSPS) is 18.1. The highest BCUT2D eigenvalue weighted by atomic mass is 16.5. The molecule has 0 spiro atoms. The zero-order valence-corrected chi connectivity index (χ0v) is 10.7. The lowest BCUT2D eigenvalue weighted by molar-refractivity contribution is -0.144. The molecule has 0 aliphatic heterocycles. The molecule has 0 fully saturated rings. The number of aliphatic carboxylic acids is 1. The third-order valence-electron chi connectivity index (χ3n) is 3.05. The standard InChI is InChI=1S/C13H20O4/c1-4-5-6-13(12(14)15)8-10(16-2)7-11(9-13)17-3/h8-9H,4-7H2,1-3H3,(H,14,15). The van der Waals surface area contributed by atoms with Crippen molar-refractivity contribution in [3.8, 4) is 0 Å². The van der Waals surface area contributed by atoms with Gasteiger partial charge in [0.15, 0.2) is 0 Å². The Kier molecular flexibility index (Phi) is 4.61. The number of hydrogen-bond donors (Lipinski definition) is 1. The highest BCUT2D eigenvalue weighted by molar-refractivity contribution is 5.80. The maximum atomic E-state index is 11.5. The second-order valence-corrected chi connectivity index (χ2v) is 4.26. The summed E-state index contributed by atoms with van der Waals surface area (Å²) in [4.78, 5) is 11.5. The molecule has 1 aliphatic carbocycles. The van der Waals surface area contributed by atoms with E-state index in [-0.39, 0.29) is 0 Å². The molecule has 4 heteroatoms. The molecular formula is C13H20O4. The van der Waals surface area contributed by atoms with Crippen LogP contribution in [0, 0.1) is 5.41 Å². The van der Waals surface area contributed by atoms with Gasteiger partial charge in [-0.15, -0.1) is 0 Å². The van der Waals surface area contributed by atoms with Crippen molar-refractivity contribution >= 4 is 5.97 Å². The Morgan fingerprint density at radius 1 is 1.35 bits per heavy atom. The molecule has 0 bridgehead atoms. The van der Waals surface area contributed by atoms with Gasteiger partial charge in [0.2, 0.25) is 0 Å². The molecule has 0 aromatic carbocycles. The molecule has 0 saturated carbocycles. The fourth-order valence-electron chi connectivity index (χ4n) is 2.00. The molecule has 1 N–H and O–H groups in total. The molecule has 0 saturated heterocycles. The Morgan fingerprint density at radius 3 is 2.24 bits per heavy atom. The maximum Gasteiger partial charge on any atom is 0.317 e. The third-order valence-corrected chi connectivity index (χ3v) is 3.05. The van der Waals surface area contributed by atoms with Crippen LogP contribution >= 0.6 is 0 Å². The molecule has 0 unspecified atom stereocenters. The molecule has 96 valence electrons. The molecule has 1 aliphatic rings. The summed E-state index contributed by atoms with van der Waals surface area (Å²) in [5.74, 6) is 0.459. The van der Waals surface area contributed by atoms with E-state index in [0.717, 1.165) is 12.8 Å². The van der Waals surface area contributed by atoms with Crippen LogP contribution in [0.4, 0.5) is 0 Å². The number of ether oxygens (including phenoxy) is 2. The second-order valence-electron chi connectivity index (χ2n) is 4.26. The van der Waals surface area contributed by atoms with Crippen molar-refractivity contribution in [1.29, 1.82) is 0 Å². The Labute approximate surface area is 102 Å². The van der Waals surface area contributed by atoms with Crippen molar-refractivity contribution in [1.82, 2.24) is 0 Å². The number of unbranched alkanes of at least 4 members (excludes halogenated alkanes) is 1. The maximum absolute atomic E-state index is 11.5. The van der Waals surface area contributed by atoms with Crippen LogP contribution < -0.4 is 0 Å². The van der Waals surface area contributed by atoms with Gasteiger partial charge in [-0.1, -0.05) is 19.8 Å². The van der Waals surface area contributed by atoms with Gasteiger partial charge in [0.1, 0.15) is 16.9 Å². The quantitative estimate of drug-likeness (QED) is 0.775. The molecule has 0 heterocycles. The molecule has 0 atom stereocenters. The molecular weight excluding hydrogens is 220 g/mol. The zero-order valence-electron chi connectivity index (χ0n) is 10.7. The van der Waals surface area contributed by atoms with Crippen LogP contribution in [0.2, 0.25) is 0 Å². The summed E-state index contributed by atoms with van der Waals surface area (Å²) in [6, 6.07) is 0. The van der Waals surface area contributed by atoms with Gasteiger partial charge in [-0.05, 0) is 18.6 Å². The molecule has 4 nitrogen and oxygen atoms in total. The van der Waals surface area contributed by atoms with Gasteiger partial charge in [0.05, 0.1) is 20.6 Å². The van der Waals surface area contributed by atoms with Crippen molar-refractivity contribution < 1.29 is 19.4 Å². The van der Waals surface area contributed by atoms with Crippen LogP contribution in [0.25, 0.3) is 0 Å². The van der Waals surface area contributed by atoms with E-state index in [1.165, 1.54) is 0 Å². The summed E-state index contributed by atoms with van der Waals surface area (Å²) in [6.07, 6.45) is 6.31. The molecule has 0 amide bonds. The van der Waals surface area contributed by atoms with Crippen molar-refractivity contribution in [2.45, 2.75) is 32.6 Å². The topological polar surface area (TPSA) is 55.8 Å². The first-order chi connectivity index (χ1) is 8.07. The van der Waals surface area contributed by atoms with Gasteiger partial charge in [-0.3, -0.25) is 4.79 Å². The Hall–Kier alpha value is -1.45. The van der Waals surface area contributed by atoms with E-state index in [9.17, 15) is 9.90 Å². The van der Waals surface area contributed by atoms with Crippen molar-refractivity contribution in [3.05, 3.63) is 23.7 Å². The van der Waals surface area contributed by atoms with E-state index in [0.29, 0.717) is 24.4 Å². The fraction of sp³-hybridized carbons (Fsp3) is 0.615. The highest BCUT2D eigenvalue weighted by Gasteiger charge is 2.37. The molecule has 17 heavy (non-hydrogen) atoms. The van der Waals surface area contributed by atoms with Crippen LogP contribution in [0.3, 0.4) is 0 Å². The summed E-state index contributed by atoms with van der Waals surface area (Å²) in [5.41, 5.74) is -0.981. The molecule has 0 radical (unpaired) electrons. The monoisotopic (exact) mass is 240 g/mol. The van der Waals surface area contributed by atoms with Crippen LogP contribution in [0.15, 0.2) is 23.7 Å². The molecule has 0 aromatic heterocycles. The van der Waals surface area contributed by atoms with Gasteiger partial charge in [-0.2, -0.15) is 0 Å². The number of methoxy groups -OCH3 is 2. The van der Waals surface area contributed by atoms with E-state index < -0.39 is 11.4 Å². The van der Waals surface area contributed by atoms with E-state index in [1.807, 2.05) is 6.92 Å². The first-order valence-electron chi connectivity index (χ1n) is 5.82. The fourth-order valence-corrected chi connectivity index (χ4v) is 2.00. The average molecular weight is 240 g/mol. The van der Waals surface area contributed by atoms with Gasteiger partial charge in [-0.25, -0.2) is 0 Å². The van der Waals surface area contributed by atoms with Crippen molar-refractivity contribution in [3.63, 3.8) is 0 Å². The Balaban J connectivity index is 3.07. The van der Waals surface area contributed by atoms with Gasteiger partial charge >= 0.3 is 5.97 Å². The lowest BCUT2D eigenvalue weighted by atomic mass is 9.78. The first kappa shape index (κ1) is 13.6.